The molecule has 0 fully saturated rings. The number of aromatic nitrogens is 2. The summed E-state index contributed by atoms with van der Waals surface area (Å²) in [4.78, 5) is 4.47. The zero-order chi connectivity index (χ0) is 13.0. The van der Waals surface area contributed by atoms with E-state index >= 15 is 0 Å². The third kappa shape index (κ3) is 2.62. The predicted molar refractivity (Wildman–Crippen MR) is 74.5 cm³/mol. The van der Waals surface area contributed by atoms with Gasteiger partial charge in [0.25, 0.3) is 0 Å². The van der Waals surface area contributed by atoms with Crippen LogP contribution in [0.15, 0.2) is 36.7 Å². The molecule has 0 spiro atoms. The van der Waals surface area contributed by atoms with Crippen molar-refractivity contribution in [3.8, 4) is 0 Å². The summed E-state index contributed by atoms with van der Waals surface area (Å²) >= 11 is 0. The average molecular weight is 243 g/mol. The Bertz CT molecular complexity index is 502. The van der Waals surface area contributed by atoms with Crippen LogP contribution >= 0.6 is 0 Å². The van der Waals surface area contributed by atoms with Crippen molar-refractivity contribution in [1.29, 1.82) is 0 Å². The number of hydrogen-bond acceptors (Lipinski definition) is 2. The van der Waals surface area contributed by atoms with Crippen LogP contribution in [-0.2, 0) is 13.5 Å². The van der Waals surface area contributed by atoms with Crippen molar-refractivity contribution in [2.45, 2.75) is 26.3 Å². The summed E-state index contributed by atoms with van der Waals surface area (Å²) in [6, 6.07) is 8.90. The van der Waals surface area contributed by atoms with Crippen molar-refractivity contribution >= 4 is 0 Å². The number of hydrogen-bond donors (Lipinski definition) is 1. The summed E-state index contributed by atoms with van der Waals surface area (Å²) in [6.07, 6.45) is 4.90. The molecule has 3 nitrogen and oxygen atoms in total. The molecule has 1 unspecified atom stereocenters. The number of nitrogens with zero attached hydrogens (tertiary/aromatic N) is 2. The molecule has 18 heavy (non-hydrogen) atoms. The molecule has 1 aromatic heterocycles. The van der Waals surface area contributed by atoms with Gasteiger partial charge in [0.2, 0.25) is 0 Å². The fraction of sp³-hybridized carbons (Fsp3) is 0.400. The zero-order valence-corrected chi connectivity index (χ0v) is 11.4. The van der Waals surface area contributed by atoms with Crippen LogP contribution in [0.2, 0.25) is 0 Å². The first-order chi connectivity index (χ1) is 8.76. The van der Waals surface area contributed by atoms with Crippen LogP contribution in [0, 0.1) is 0 Å². The van der Waals surface area contributed by atoms with Gasteiger partial charge < -0.3 is 9.88 Å². The van der Waals surface area contributed by atoms with E-state index in [1.165, 1.54) is 11.1 Å². The molecule has 0 aliphatic rings. The normalized spacial score (nSPS) is 12.6. The molecule has 1 heterocycles. The van der Waals surface area contributed by atoms with E-state index in [1.807, 2.05) is 19.4 Å². The summed E-state index contributed by atoms with van der Waals surface area (Å²) in [6.45, 7) is 5.23. The Kier molecular flexibility index (Phi) is 4.15. The third-order valence-electron chi connectivity index (χ3n) is 3.22. The molecule has 0 saturated heterocycles. The second-order valence-electron chi connectivity index (χ2n) is 4.49. The number of aryl methyl sites for hydroxylation is 2. The molecule has 0 bridgehead atoms. The van der Waals surface area contributed by atoms with Crippen molar-refractivity contribution in [3.63, 3.8) is 0 Å². The third-order valence-corrected chi connectivity index (χ3v) is 3.22. The van der Waals surface area contributed by atoms with Gasteiger partial charge >= 0.3 is 0 Å². The lowest BCUT2D eigenvalue weighted by Gasteiger charge is -2.18. The molecule has 1 N–H and O–H groups in total. The van der Waals surface area contributed by atoms with Gasteiger partial charge in [-0.15, -0.1) is 0 Å². The van der Waals surface area contributed by atoms with Crippen molar-refractivity contribution in [2.75, 3.05) is 6.54 Å². The molecule has 0 aliphatic heterocycles. The molecule has 0 aliphatic carbocycles. The van der Waals surface area contributed by atoms with Gasteiger partial charge in [-0.3, -0.25) is 0 Å². The average Bonchev–Trinajstić information content (AvgIpc) is 2.82. The van der Waals surface area contributed by atoms with Crippen molar-refractivity contribution < 1.29 is 0 Å². The summed E-state index contributed by atoms with van der Waals surface area (Å²) in [5.41, 5.74) is 2.65. The van der Waals surface area contributed by atoms with Crippen LogP contribution < -0.4 is 5.32 Å². The van der Waals surface area contributed by atoms with Gasteiger partial charge in [0.15, 0.2) is 0 Å². The molecule has 2 aromatic rings. The Balaban J connectivity index is 2.38. The van der Waals surface area contributed by atoms with E-state index in [0.717, 1.165) is 18.8 Å². The van der Waals surface area contributed by atoms with Crippen LogP contribution in [0.5, 0.6) is 0 Å². The molecule has 1 aromatic carbocycles. The lowest BCUT2D eigenvalue weighted by Crippen LogP contribution is -2.24. The molecule has 0 amide bonds. The van der Waals surface area contributed by atoms with Crippen molar-refractivity contribution in [2.24, 2.45) is 7.05 Å². The summed E-state index contributed by atoms with van der Waals surface area (Å²) in [5, 5.41) is 3.51. The Labute approximate surface area is 109 Å². The summed E-state index contributed by atoms with van der Waals surface area (Å²) < 4.78 is 2.08. The Morgan fingerprint density at radius 3 is 2.78 bits per heavy atom. The SMILES string of the molecule is CCNC(c1cccc(CC)c1)c1nccn1C. The van der Waals surface area contributed by atoms with E-state index in [2.05, 4.69) is 53.0 Å². The van der Waals surface area contributed by atoms with Gasteiger partial charge in [-0.2, -0.15) is 0 Å². The smallest absolute Gasteiger partial charge is 0.130 e. The Morgan fingerprint density at radius 1 is 1.33 bits per heavy atom. The minimum atomic E-state index is 0.168. The standard InChI is InChI=1S/C15H21N3/c1-4-12-7-6-8-13(11-12)14(16-5-2)15-17-9-10-18(15)3/h6-11,14,16H,4-5H2,1-3H3. The monoisotopic (exact) mass is 243 g/mol. The van der Waals surface area contributed by atoms with E-state index < -0.39 is 0 Å². The number of benzene rings is 1. The first kappa shape index (κ1) is 12.8. The second kappa shape index (κ2) is 5.83. The first-order valence-corrected chi connectivity index (χ1v) is 6.55. The van der Waals surface area contributed by atoms with Gasteiger partial charge in [-0.05, 0) is 24.1 Å². The highest BCUT2D eigenvalue weighted by Gasteiger charge is 2.16. The molecule has 1 atom stereocenters. The Hall–Kier alpha value is -1.61. The zero-order valence-electron chi connectivity index (χ0n) is 11.4. The highest BCUT2D eigenvalue weighted by atomic mass is 15.1. The van der Waals surface area contributed by atoms with Gasteiger partial charge in [-0.25, -0.2) is 4.98 Å². The summed E-state index contributed by atoms with van der Waals surface area (Å²) in [5.74, 6) is 1.06. The van der Waals surface area contributed by atoms with E-state index in [1.54, 1.807) is 0 Å². The maximum atomic E-state index is 4.47. The van der Waals surface area contributed by atoms with E-state index in [-0.39, 0.29) is 6.04 Å². The predicted octanol–water partition coefficient (Wildman–Crippen LogP) is 2.68. The topological polar surface area (TPSA) is 29.9 Å². The van der Waals surface area contributed by atoms with Gasteiger partial charge in [0, 0.05) is 19.4 Å². The molecular weight excluding hydrogens is 222 g/mol. The Morgan fingerprint density at radius 2 is 2.17 bits per heavy atom. The van der Waals surface area contributed by atoms with Gasteiger partial charge in [-0.1, -0.05) is 38.1 Å². The fourth-order valence-corrected chi connectivity index (χ4v) is 2.21. The van der Waals surface area contributed by atoms with Crippen molar-refractivity contribution in [3.05, 3.63) is 53.6 Å². The van der Waals surface area contributed by atoms with Crippen LogP contribution in [0.25, 0.3) is 0 Å². The van der Waals surface area contributed by atoms with Crippen LogP contribution in [0.3, 0.4) is 0 Å². The van der Waals surface area contributed by atoms with Crippen LogP contribution in [0.1, 0.15) is 36.8 Å². The molecular formula is C15H21N3. The molecule has 3 heteroatoms. The van der Waals surface area contributed by atoms with E-state index in [0.29, 0.717) is 0 Å². The summed E-state index contributed by atoms with van der Waals surface area (Å²) in [7, 11) is 2.04. The fourth-order valence-electron chi connectivity index (χ4n) is 2.21. The van der Waals surface area contributed by atoms with Crippen LogP contribution in [-0.4, -0.2) is 16.1 Å². The van der Waals surface area contributed by atoms with Crippen molar-refractivity contribution in [1.82, 2.24) is 14.9 Å². The molecule has 0 radical (unpaired) electrons. The van der Waals surface area contributed by atoms with Crippen LogP contribution in [0.4, 0.5) is 0 Å². The minimum Gasteiger partial charge on any atom is -0.336 e. The highest BCUT2D eigenvalue weighted by molar-refractivity contribution is 5.30. The number of imidazole rings is 1. The minimum absolute atomic E-state index is 0.168. The number of rotatable bonds is 5. The van der Waals surface area contributed by atoms with E-state index in [4.69, 9.17) is 0 Å². The number of nitrogens with one attached hydrogen (secondary N) is 1. The van der Waals surface area contributed by atoms with Gasteiger partial charge in [0.05, 0.1) is 6.04 Å². The lowest BCUT2D eigenvalue weighted by atomic mass is 10.0. The lowest BCUT2D eigenvalue weighted by molar-refractivity contribution is 0.576. The molecule has 96 valence electrons. The quantitative estimate of drug-likeness (QED) is 0.875. The highest BCUT2D eigenvalue weighted by Crippen LogP contribution is 2.21. The van der Waals surface area contributed by atoms with E-state index in [9.17, 15) is 0 Å². The molecule has 0 saturated carbocycles. The van der Waals surface area contributed by atoms with Gasteiger partial charge in [0.1, 0.15) is 5.82 Å². The maximum absolute atomic E-state index is 4.47. The second-order valence-corrected chi connectivity index (χ2v) is 4.49. The largest absolute Gasteiger partial charge is 0.336 e. The maximum Gasteiger partial charge on any atom is 0.130 e. The first-order valence-electron chi connectivity index (χ1n) is 6.55. The molecule has 2 rings (SSSR count).